The molecule has 0 saturated heterocycles. The zero-order valence-corrected chi connectivity index (χ0v) is 9.96. The summed E-state index contributed by atoms with van der Waals surface area (Å²) in [6, 6.07) is 5.22. The van der Waals surface area contributed by atoms with Crippen LogP contribution in [0.5, 0.6) is 0 Å². The Bertz CT molecular complexity index is 403. The minimum atomic E-state index is -4.34. The van der Waals surface area contributed by atoms with E-state index in [1.54, 1.807) is 0 Å². The van der Waals surface area contributed by atoms with Crippen molar-refractivity contribution < 1.29 is 28.2 Å². The summed E-state index contributed by atoms with van der Waals surface area (Å²) in [6.07, 6.45) is -1.15. The molecule has 3 nitrogen and oxygen atoms in total. The van der Waals surface area contributed by atoms with Crippen LogP contribution in [0.15, 0.2) is 29.2 Å². The lowest BCUT2D eigenvalue weighted by Gasteiger charge is -2.11. The summed E-state index contributed by atoms with van der Waals surface area (Å²) in [5, 5.41) is 18.0. The van der Waals surface area contributed by atoms with E-state index in [0.29, 0.717) is 5.56 Å². The van der Waals surface area contributed by atoms with Crippen molar-refractivity contribution >= 4 is 17.7 Å². The van der Waals surface area contributed by atoms with Crippen molar-refractivity contribution in [2.75, 3.05) is 0 Å². The van der Waals surface area contributed by atoms with Gasteiger partial charge in [-0.15, -0.1) is 0 Å². The Morgan fingerprint density at radius 3 is 2.28 bits per heavy atom. The quantitative estimate of drug-likeness (QED) is 0.813. The van der Waals surface area contributed by atoms with Crippen LogP contribution in [0.4, 0.5) is 13.2 Å². The molecular formula is C11H11F3O3S. The first-order valence-electron chi connectivity index (χ1n) is 5.03. The molecule has 7 heteroatoms. The summed E-state index contributed by atoms with van der Waals surface area (Å²) in [6.45, 7) is 0. The number of aliphatic hydroxyl groups is 1. The maximum absolute atomic E-state index is 12.1. The Morgan fingerprint density at radius 2 is 1.83 bits per heavy atom. The second kappa shape index (κ2) is 6.10. The van der Waals surface area contributed by atoms with Gasteiger partial charge in [0.2, 0.25) is 0 Å². The number of halogens is 3. The summed E-state index contributed by atoms with van der Waals surface area (Å²) < 4.78 is 36.2. The van der Waals surface area contributed by atoms with Gasteiger partial charge in [-0.3, -0.25) is 4.79 Å². The molecule has 0 aromatic heterocycles. The van der Waals surface area contributed by atoms with Crippen LogP contribution in [0.25, 0.3) is 0 Å². The molecule has 0 bridgehead atoms. The first-order valence-corrected chi connectivity index (χ1v) is 5.85. The van der Waals surface area contributed by atoms with Gasteiger partial charge in [-0.25, -0.2) is 0 Å². The smallest absolute Gasteiger partial charge is 0.446 e. The molecule has 0 aliphatic rings. The summed E-state index contributed by atoms with van der Waals surface area (Å²) in [5.74, 6) is -1.03. The number of alkyl halides is 3. The molecule has 0 amide bonds. The number of hydrogen-bond donors (Lipinski definition) is 2. The van der Waals surface area contributed by atoms with E-state index in [1.165, 1.54) is 24.3 Å². The molecule has 0 fully saturated rings. The molecule has 2 N–H and O–H groups in total. The Balaban J connectivity index is 2.62. The minimum absolute atomic E-state index is 0.0247. The van der Waals surface area contributed by atoms with E-state index in [0.717, 1.165) is 0 Å². The molecule has 1 aromatic rings. The second-order valence-corrected chi connectivity index (χ2v) is 4.70. The number of aliphatic hydroxyl groups excluding tert-OH is 1. The highest BCUT2D eigenvalue weighted by molar-refractivity contribution is 8.00. The average Bonchev–Trinajstić information content (AvgIpc) is 2.24. The van der Waals surface area contributed by atoms with Crippen LogP contribution in [0.3, 0.4) is 0 Å². The molecule has 1 atom stereocenters. The SMILES string of the molecule is O=C(O)CCC(O)c1ccc(SC(F)(F)F)cc1. The van der Waals surface area contributed by atoms with E-state index < -0.39 is 17.6 Å². The number of carboxylic acid groups (broad SMARTS) is 1. The standard InChI is InChI=1S/C11H11F3O3S/c12-11(13,14)18-8-3-1-7(2-4-8)9(15)5-6-10(16)17/h1-4,9,15H,5-6H2,(H,16,17). The summed E-state index contributed by atoms with van der Waals surface area (Å²) in [5.41, 5.74) is -3.94. The lowest BCUT2D eigenvalue weighted by atomic mass is 10.1. The van der Waals surface area contributed by atoms with Gasteiger partial charge in [0.1, 0.15) is 0 Å². The zero-order chi connectivity index (χ0) is 13.8. The van der Waals surface area contributed by atoms with Crippen LogP contribution in [0.1, 0.15) is 24.5 Å². The summed E-state index contributed by atoms with van der Waals surface area (Å²) in [4.78, 5) is 10.3. The van der Waals surface area contributed by atoms with Crippen molar-refractivity contribution in [2.24, 2.45) is 0 Å². The Labute approximate surface area is 106 Å². The van der Waals surface area contributed by atoms with Crippen LogP contribution in [-0.2, 0) is 4.79 Å². The number of carbonyl (C=O) groups is 1. The van der Waals surface area contributed by atoms with E-state index >= 15 is 0 Å². The number of hydrogen-bond acceptors (Lipinski definition) is 3. The number of carboxylic acids is 1. The van der Waals surface area contributed by atoms with Crippen molar-refractivity contribution in [3.63, 3.8) is 0 Å². The van der Waals surface area contributed by atoms with Crippen molar-refractivity contribution in [3.05, 3.63) is 29.8 Å². The largest absolute Gasteiger partial charge is 0.481 e. The molecule has 0 aliphatic carbocycles. The topological polar surface area (TPSA) is 57.5 Å². The number of aliphatic carboxylic acids is 1. The molecule has 0 radical (unpaired) electrons. The number of benzene rings is 1. The van der Waals surface area contributed by atoms with Gasteiger partial charge >= 0.3 is 11.5 Å². The van der Waals surface area contributed by atoms with E-state index in [4.69, 9.17) is 5.11 Å². The third kappa shape index (κ3) is 5.42. The molecule has 0 saturated carbocycles. The molecule has 1 rings (SSSR count). The molecule has 1 unspecified atom stereocenters. The van der Waals surface area contributed by atoms with Gasteiger partial charge in [0, 0.05) is 11.3 Å². The molecule has 0 spiro atoms. The predicted octanol–water partition coefficient (Wildman–Crippen LogP) is 3.20. The fraction of sp³-hybridized carbons (Fsp3) is 0.364. The van der Waals surface area contributed by atoms with Gasteiger partial charge in [0.15, 0.2) is 0 Å². The highest BCUT2D eigenvalue weighted by atomic mass is 32.2. The van der Waals surface area contributed by atoms with Crippen LogP contribution < -0.4 is 0 Å². The van der Waals surface area contributed by atoms with Crippen molar-refractivity contribution in [2.45, 2.75) is 29.3 Å². The monoisotopic (exact) mass is 280 g/mol. The third-order valence-electron chi connectivity index (χ3n) is 2.13. The molecule has 1 aromatic carbocycles. The minimum Gasteiger partial charge on any atom is -0.481 e. The first kappa shape index (κ1) is 14.8. The van der Waals surface area contributed by atoms with Gasteiger partial charge in [-0.1, -0.05) is 12.1 Å². The second-order valence-electron chi connectivity index (χ2n) is 3.57. The van der Waals surface area contributed by atoms with E-state index in [-0.39, 0.29) is 29.5 Å². The van der Waals surface area contributed by atoms with E-state index in [2.05, 4.69) is 0 Å². The van der Waals surface area contributed by atoms with Gasteiger partial charge in [0.25, 0.3) is 0 Å². The summed E-state index contributed by atoms with van der Waals surface area (Å²) in [7, 11) is 0. The van der Waals surface area contributed by atoms with Gasteiger partial charge in [-0.2, -0.15) is 13.2 Å². The maximum atomic E-state index is 12.1. The van der Waals surface area contributed by atoms with Gasteiger partial charge < -0.3 is 10.2 Å². The van der Waals surface area contributed by atoms with Crippen LogP contribution in [-0.4, -0.2) is 21.7 Å². The molecule has 100 valence electrons. The number of rotatable bonds is 5. The van der Waals surface area contributed by atoms with Gasteiger partial charge in [-0.05, 0) is 35.9 Å². The van der Waals surface area contributed by atoms with Crippen molar-refractivity contribution in [1.29, 1.82) is 0 Å². The Kier molecular flexibility index (Phi) is 5.03. The Hall–Kier alpha value is -1.21. The Morgan fingerprint density at radius 1 is 1.28 bits per heavy atom. The summed E-state index contributed by atoms with van der Waals surface area (Å²) >= 11 is -0.236. The normalized spacial score (nSPS) is 13.3. The highest BCUT2D eigenvalue weighted by Crippen LogP contribution is 2.37. The lowest BCUT2D eigenvalue weighted by Crippen LogP contribution is -2.03. The molecule has 0 aliphatic heterocycles. The predicted molar refractivity (Wildman–Crippen MR) is 60.2 cm³/mol. The fourth-order valence-electron chi connectivity index (χ4n) is 1.32. The first-order chi connectivity index (χ1) is 8.28. The lowest BCUT2D eigenvalue weighted by molar-refractivity contribution is -0.137. The maximum Gasteiger partial charge on any atom is 0.446 e. The van der Waals surface area contributed by atoms with E-state index in [1.807, 2.05) is 0 Å². The zero-order valence-electron chi connectivity index (χ0n) is 9.15. The van der Waals surface area contributed by atoms with Crippen molar-refractivity contribution in [1.82, 2.24) is 0 Å². The molecule has 18 heavy (non-hydrogen) atoms. The average molecular weight is 280 g/mol. The molecule has 0 heterocycles. The van der Waals surface area contributed by atoms with E-state index in [9.17, 15) is 23.1 Å². The highest BCUT2D eigenvalue weighted by Gasteiger charge is 2.29. The molecular weight excluding hydrogens is 269 g/mol. The number of thioether (sulfide) groups is 1. The van der Waals surface area contributed by atoms with Crippen LogP contribution in [0.2, 0.25) is 0 Å². The fourth-order valence-corrected chi connectivity index (χ4v) is 1.86. The third-order valence-corrected chi connectivity index (χ3v) is 2.87. The van der Waals surface area contributed by atoms with Crippen LogP contribution in [0, 0.1) is 0 Å². The van der Waals surface area contributed by atoms with Crippen LogP contribution >= 0.6 is 11.8 Å². The van der Waals surface area contributed by atoms with Crippen molar-refractivity contribution in [3.8, 4) is 0 Å². The van der Waals surface area contributed by atoms with Gasteiger partial charge in [0.05, 0.1) is 6.10 Å².